The van der Waals surface area contributed by atoms with Crippen LogP contribution in [0.2, 0.25) is 0 Å². The first-order chi connectivity index (χ1) is 19.7. The molecule has 4 aliphatic rings. The Morgan fingerprint density at radius 3 is 0.848 bits per heavy atom. The van der Waals surface area contributed by atoms with E-state index in [2.05, 4.69) is 70.0 Å². The van der Waals surface area contributed by atoms with Gasteiger partial charge in [0.1, 0.15) is 0 Å². The molecular formula is C42H90N4. The van der Waals surface area contributed by atoms with E-state index in [9.17, 15) is 0 Å². The van der Waals surface area contributed by atoms with Gasteiger partial charge >= 0.3 is 0 Å². The van der Waals surface area contributed by atoms with Crippen molar-refractivity contribution in [3.63, 3.8) is 0 Å². The van der Waals surface area contributed by atoms with Gasteiger partial charge in [-0.15, -0.1) is 0 Å². The lowest BCUT2D eigenvalue weighted by Crippen LogP contribution is -2.45. The molecule has 4 nitrogen and oxygen atoms in total. The number of unbranched alkanes of at least 4 members (excludes halogenated alkanes) is 1. The largest absolute Gasteiger partial charge is 0.358 e. The Labute approximate surface area is 294 Å². The Morgan fingerprint density at radius 1 is 0.348 bits per heavy atom. The second-order valence-corrected chi connectivity index (χ2v) is 18.6. The summed E-state index contributed by atoms with van der Waals surface area (Å²) in [7, 11) is 15.1. The Morgan fingerprint density at radius 2 is 0.565 bits per heavy atom. The van der Waals surface area contributed by atoms with Crippen LogP contribution in [0, 0.1) is 77.0 Å². The lowest BCUT2D eigenvalue weighted by atomic mass is 9.83. The molecule has 0 bridgehead atoms. The maximum Gasteiger partial charge on any atom is 0.0818 e. The zero-order chi connectivity index (χ0) is 30.8. The molecule has 0 saturated carbocycles. The molecule has 0 aromatic rings. The van der Waals surface area contributed by atoms with E-state index in [0.717, 1.165) is 47.3 Å². The van der Waals surface area contributed by atoms with E-state index in [0.29, 0.717) is 0 Å². The lowest BCUT2D eigenvalue weighted by molar-refractivity contribution is -0.906. The topological polar surface area (TPSA) is 0 Å². The fourth-order valence-electron chi connectivity index (χ4n) is 11.7. The molecule has 0 N–H and O–H groups in total. The first-order valence-corrected chi connectivity index (χ1v) is 19.0. The summed E-state index contributed by atoms with van der Waals surface area (Å²) in [6.07, 6.45) is 14.4. The van der Waals surface area contributed by atoms with Crippen LogP contribution in [0.15, 0.2) is 0 Å². The van der Waals surface area contributed by atoms with Gasteiger partial charge in [0, 0.05) is 60.2 Å². The minimum Gasteiger partial charge on any atom is -0.358 e. The van der Waals surface area contributed by atoms with Gasteiger partial charge in [-0.3, -0.25) is 0 Å². The Balaban J connectivity index is 0.00000506. The minimum absolute atomic E-state index is 0. The predicted molar refractivity (Wildman–Crippen MR) is 208 cm³/mol. The molecule has 0 aromatic heterocycles. The molecule has 4 aliphatic heterocycles. The molecule has 4 heteroatoms. The molecular weight excluding hydrogens is 560 g/mol. The number of nitrogens with zero attached hydrogens (tertiary/aromatic N) is 4. The molecule has 4 rings (SSSR count). The van der Waals surface area contributed by atoms with Crippen molar-refractivity contribution in [2.45, 2.75) is 91.9 Å². The van der Waals surface area contributed by atoms with Gasteiger partial charge < -0.3 is 47.6 Å². The highest BCUT2D eigenvalue weighted by atomic mass is 15.4. The number of hydrogen-bond acceptors (Lipinski definition) is 0. The summed E-state index contributed by atoms with van der Waals surface area (Å²) in [5.41, 5.74) is 0. The third kappa shape index (κ3) is 11.7. The summed E-state index contributed by atoms with van der Waals surface area (Å²) in [5.74, 6) is 7.74. The highest BCUT2D eigenvalue weighted by Crippen LogP contribution is 2.40. The molecule has 4 fully saturated rings. The standard InChI is InChI=1S/C38H78N4.4CH3/c1-11-31-23-39(5,6)25-35(31)17-19-37-29-41(9,27-33(37)13-3)21-15-16-22-42(10)28-34(14-4)38(30-42)20-18-36-26-40(7,8)24-32(36)12-2;;;;/h31-38H,11-30H2,1-10H3;4*1H3/q+4;4*-1/t31?,32?,33?,34?,35?,36?,37?,38?,41-,42+;;;;. The number of likely N-dealkylation sites (tertiary alicyclic amines) is 4. The summed E-state index contributed by atoms with van der Waals surface area (Å²) in [6.45, 7) is 24.2. The third-order valence-corrected chi connectivity index (χ3v) is 13.8. The van der Waals surface area contributed by atoms with Gasteiger partial charge in [-0.25, -0.2) is 0 Å². The van der Waals surface area contributed by atoms with E-state index in [1.54, 1.807) is 0 Å². The van der Waals surface area contributed by atoms with Crippen LogP contribution in [0.4, 0.5) is 0 Å². The Kier molecular flexibility index (Phi) is 18.7. The predicted octanol–water partition coefficient (Wildman–Crippen LogP) is 8.80. The van der Waals surface area contributed by atoms with E-state index in [1.807, 2.05) is 0 Å². The molecule has 0 aliphatic carbocycles. The molecule has 46 heavy (non-hydrogen) atoms. The maximum absolute atomic E-state index is 2.62. The van der Waals surface area contributed by atoms with Crippen LogP contribution in [0.1, 0.15) is 91.9 Å². The zero-order valence-corrected chi connectivity index (χ0v) is 34.5. The normalized spacial score (nSPS) is 39.3. The molecule has 10 atom stereocenters. The summed E-state index contributed by atoms with van der Waals surface area (Å²) in [5, 5.41) is 0. The van der Waals surface area contributed by atoms with Gasteiger partial charge in [-0.1, -0.05) is 27.7 Å². The second kappa shape index (κ2) is 18.7. The van der Waals surface area contributed by atoms with Crippen molar-refractivity contribution >= 4 is 0 Å². The maximum atomic E-state index is 2.62. The summed E-state index contributed by atoms with van der Waals surface area (Å²) >= 11 is 0. The molecule has 0 aromatic carbocycles. The van der Waals surface area contributed by atoms with Crippen LogP contribution in [0.3, 0.4) is 0 Å². The number of rotatable bonds is 15. The minimum atomic E-state index is 0. The third-order valence-electron chi connectivity index (χ3n) is 13.8. The highest BCUT2D eigenvalue weighted by molar-refractivity contribution is 4.82. The first-order valence-electron chi connectivity index (χ1n) is 19.0. The van der Waals surface area contributed by atoms with Gasteiger partial charge in [-0.05, 0) is 51.4 Å². The average molecular weight is 651 g/mol. The van der Waals surface area contributed by atoms with Crippen molar-refractivity contribution in [1.29, 1.82) is 0 Å². The van der Waals surface area contributed by atoms with Crippen molar-refractivity contribution in [2.24, 2.45) is 47.3 Å². The van der Waals surface area contributed by atoms with Crippen LogP contribution in [0.5, 0.6) is 0 Å². The van der Waals surface area contributed by atoms with Crippen LogP contribution in [0.25, 0.3) is 0 Å². The molecule has 0 radical (unpaired) electrons. The van der Waals surface area contributed by atoms with Crippen molar-refractivity contribution in [3.05, 3.63) is 29.7 Å². The van der Waals surface area contributed by atoms with Crippen molar-refractivity contribution in [3.8, 4) is 0 Å². The zero-order valence-electron chi connectivity index (χ0n) is 34.5. The van der Waals surface area contributed by atoms with Crippen LogP contribution in [-0.4, -0.2) is 126 Å². The lowest BCUT2D eigenvalue weighted by Gasteiger charge is -2.33. The summed E-state index contributed by atoms with van der Waals surface area (Å²) in [4.78, 5) is 0. The first kappa shape index (κ1) is 45.8. The molecule has 8 unspecified atom stereocenters. The fraction of sp³-hybridized carbons (Fsp3) is 0.905. The van der Waals surface area contributed by atoms with E-state index in [1.165, 1.54) is 148 Å². The van der Waals surface area contributed by atoms with Gasteiger partial charge in [0.05, 0.1) is 108 Å². The van der Waals surface area contributed by atoms with Crippen molar-refractivity contribution < 1.29 is 17.9 Å². The second-order valence-electron chi connectivity index (χ2n) is 18.6. The van der Waals surface area contributed by atoms with Gasteiger partial charge in [-0.2, -0.15) is 0 Å². The van der Waals surface area contributed by atoms with E-state index in [-0.39, 0.29) is 29.7 Å². The fourth-order valence-corrected chi connectivity index (χ4v) is 11.7. The van der Waals surface area contributed by atoms with Crippen molar-refractivity contribution in [2.75, 3.05) is 108 Å². The van der Waals surface area contributed by atoms with Crippen LogP contribution < -0.4 is 0 Å². The molecule has 4 heterocycles. The van der Waals surface area contributed by atoms with Crippen LogP contribution in [-0.2, 0) is 0 Å². The highest BCUT2D eigenvalue weighted by Gasteiger charge is 2.45. The van der Waals surface area contributed by atoms with E-state index in [4.69, 9.17) is 0 Å². The number of hydrogen-bond donors (Lipinski definition) is 0. The Bertz CT molecular complexity index is 772. The SMILES string of the molecule is CCC1C[N+](C)(C)CC1CCC1C[N@@+](C)(CCCC[N@+]2(C)CC(CC)C(CCC3C[N+](C)(C)CC3CC)C2)CC1CC.[CH3-].[CH3-].[CH3-].[CH3-]. The number of quaternary nitrogens is 4. The van der Waals surface area contributed by atoms with Gasteiger partial charge in [0.25, 0.3) is 0 Å². The quantitative estimate of drug-likeness (QED) is 0.0944. The molecule has 0 spiro atoms. The van der Waals surface area contributed by atoms with Crippen LogP contribution >= 0.6 is 0 Å². The molecule has 4 saturated heterocycles. The summed E-state index contributed by atoms with van der Waals surface area (Å²) in [6, 6.07) is 0. The van der Waals surface area contributed by atoms with Crippen molar-refractivity contribution in [1.82, 2.24) is 0 Å². The average Bonchev–Trinajstić information content (AvgIpc) is 3.63. The summed E-state index contributed by atoms with van der Waals surface area (Å²) < 4.78 is 5.25. The van der Waals surface area contributed by atoms with Gasteiger partial charge in [0.15, 0.2) is 0 Å². The monoisotopic (exact) mass is 651 g/mol. The molecule has 278 valence electrons. The van der Waals surface area contributed by atoms with Gasteiger partial charge in [0.2, 0.25) is 0 Å². The molecule has 0 amide bonds. The smallest absolute Gasteiger partial charge is 0.0818 e. The Hall–Kier alpha value is -0.160. The van der Waals surface area contributed by atoms with E-state index < -0.39 is 0 Å². The van der Waals surface area contributed by atoms with E-state index >= 15 is 0 Å².